The summed E-state index contributed by atoms with van der Waals surface area (Å²) in [5.41, 5.74) is 0.405. The van der Waals surface area contributed by atoms with E-state index in [4.69, 9.17) is 0 Å². The molecule has 0 radical (unpaired) electrons. The molecule has 100 valence electrons. The largest absolute Gasteiger partial charge is 0.345 e. The van der Waals surface area contributed by atoms with Gasteiger partial charge in [-0.3, -0.25) is 14.6 Å². The third-order valence-corrected chi connectivity index (χ3v) is 4.16. The number of nitrogens with zero attached hydrogens (tertiary/aromatic N) is 2. The Morgan fingerprint density at radius 3 is 2.58 bits per heavy atom. The highest BCUT2D eigenvalue weighted by molar-refractivity contribution is 5.98. The molecule has 2 amide bonds. The van der Waals surface area contributed by atoms with Crippen molar-refractivity contribution in [3.63, 3.8) is 0 Å². The van der Waals surface area contributed by atoms with Crippen molar-refractivity contribution in [1.29, 1.82) is 0 Å². The van der Waals surface area contributed by atoms with Gasteiger partial charge < -0.3 is 10.2 Å². The highest BCUT2D eigenvalue weighted by Gasteiger charge is 2.50. The summed E-state index contributed by atoms with van der Waals surface area (Å²) in [6, 6.07) is 3.78. The minimum absolute atomic E-state index is 0.0123. The molecule has 1 saturated carbocycles. The van der Waals surface area contributed by atoms with Crippen LogP contribution in [0.15, 0.2) is 24.5 Å². The molecule has 2 fully saturated rings. The second kappa shape index (κ2) is 4.64. The van der Waals surface area contributed by atoms with Crippen molar-refractivity contribution in [3.8, 4) is 0 Å². The van der Waals surface area contributed by atoms with Gasteiger partial charge in [0.1, 0.15) is 5.54 Å². The van der Waals surface area contributed by atoms with E-state index in [-0.39, 0.29) is 18.4 Å². The van der Waals surface area contributed by atoms with E-state index < -0.39 is 5.54 Å². The maximum atomic E-state index is 12.2. The van der Waals surface area contributed by atoms with Crippen LogP contribution < -0.4 is 5.32 Å². The van der Waals surface area contributed by atoms with Gasteiger partial charge >= 0.3 is 0 Å². The third kappa shape index (κ3) is 1.99. The lowest BCUT2D eigenvalue weighted by Crippen LogP contribution is -2.65. The van der Waals surface area contributed by atoms with Crippen molar-refractivity contribution in [3.05, 3.63) is 30.1 Å². The van der Waals surface area contributed by atoms with Gasteiger partial charge in [-0.05, 0) is 30.5 Å². The van der Waals surface area contributed by atoms with Crippen LogP contribution in [0.5, 0.6) is 0 Å². The fourth-order valence-electron chi connectivity index (χ4n) is 3.14. The second-order valence-corrected chi connectivity index (χ2v) is 5.26. The molecule has 0 unspecified atom stereocenters. The van der Waals surface area contributed by atoms with Crippen LogP contribution in [0.25, 0.3) is 0 Å². The predicted molar refractivity (Wildman–Crippen MR) is 69.0 cm³/mol. The van der Waals surface area contributed by atoms with Crippen molar-refractivity contribution in [2.75, 3.05) is 6.54 Å². The first-order valence-corrected chi connectivity index (χ1v) is 6.70. The molecule has 1 aromatic heterocycles. The van der Waals surface area contributed by atoms with Crippen LogP contribution >= 0.6 is 0 Å². The Balaban J connectivity index is 1.91. The molecule has 2 heterocycles. The van der Waals surface area contributed by atoms with E-state index in [2.05, 4.69) is 10.3 Å². The number of nitrogens with one attached hydrogen (secondary N) is 1. The molecular weight excluding hydrogens is 242 g/mol. The zero-order chi connectivity index (χ0) is 13.3. The lowest BCUT2D eigenvalue weighted by atomic mass is 9.91. The van der Waals surface area contributed by atoms with Crippen molar-refractivity contribution in [2.24, 2.45) is 0 Å². The Labute approximate surface area is 112 Å². The first-order chi connectivity index (χ1) is 9.22. The quantitative estimate of drug-likeness (QED) is 0.856. The monoisotopic (exact) mass is 259 g/mol. The summed E-state index contributed by atoms with van der Waals surface area (Å²) >= 11 is 0. The molecule has 3 rings (SSSR count). The summed E-state index contributed by atoms with van der Waals surface area (Å²) in [5.74, 6) is 0.0250. The lowest BCUT2D eigenvalue weighted by molar-refractivity contribution is -0.154. The van der Waals surface area contributed by atoms with Crippen LogP contribution in [0.2, 0.25) is 0 Å². The molecule has 0 aromatic carbocycles. The SMILES string of the molecule is O=C1CNC(=O)C2(CCCC2)N1Cc1ccncc1. The summed E-state index contributed by atoms with van der Waals surface area (Å²) in [5, 5.41) is 2.74. The smallest absolute Gasteiger partial charge is 0.246 e. The van der Waals surface area contributed by atoms with Crippen LogP contribution in [-0.4, -0.2) is 33.8 Å². The molecule has 2 aliphatic rings. The molecule has 5 nitrogen and oxygen atoms in total. The van der Waals surface area contributed by atoms with Crippen molar-refractivity contribution >= 4 is 11.8 Å². The van der Waals surface area contributed by atoms with Gasteiger partial charge in [0.15, 0.2) is 0 Å². The van der Waals surface area contributed by atoms with Gasteiger partial charge in [-0.2, -0.15) is 0 Å². The first-order valence-electron chi connectivity index (χ1n) is 6.70. The van der Waals surface area contributed by atoms with E-state index in [0.717, 1.165) is 31.2 Å². The highest BCUT2D eigenvalue weighted by atomic mass is 16.2. The Morgan fingerprint density at radius 1 is 1.21 bits per heavy atom. The fourth-order valence-corrected chi connectivity index (χ4v) is 3.14. The number of piperazine rings is 1. The number of hydrogen-bond acceptors (Lipinski definition) is 3. The molecule has 1 N–H and O–H groups in total. The lowest BCUT2D eigenvalue weighted by Gasteiger charge is -2.43. The number of pyridine rings is 1. The van der Waals surface area contributed by atoms with Gasteiger partial charge in [-0.15, -0.1) is 0 Å². The van der Waals surface area contributed by atoms with Crippen molar-refractivity contribution in [2.45, 2.75) is 37.8 Å². The molecule has 5 heteroatoms. The summed E-state index contributed by atoms with van der Waals surface area (Å²) < 4.78 is 0. The Morgan fingerprint density at radius 2 is 1.89 bits per heavy atom. The van der Waals surface area contributed by atoms with Crippen molar-refractivity contribution < 1.29 is 9.59 Å². The average Bonchev–Trinajstić information content (AvgIpc) is 2.91. The van der Waals surface area contributed by atoms with E-state index in [0.29, 0.717) is 6.54 Å². The fraction of sp³-hybridized carbons (Fsp3) is 0.500. The van der Waals surface area contributed by atoms with E-state index >= 15 is 0 Å². The maximum Gasteiger partial charge on any atom is 0.246 e. The minimum atomic E-state index is -0.612. The molecule has 0 bridgehead atoms. The standard InChI is InChI=1S/C14H17N3O2/c18-12-9-16-13(19)14(5-1-2-6-14)17(12)10-11-3-7-15-8-4-11/h3-4,7-8H,1-2,5-6,9-10H2,(H,16,19). The zero-order valence-corrected chi connectivity index (χ0v) is 10.8. The van der Waals surface area contributed by atoms with Crippen LogP contribution in [0, 0.1) is 0 Å². The van der Waals surface area contributed by atoms with Crippen LogP contribution in [0.3, 0.4) is 0 Å². The molecule has 1 aromatic rings. The molecule has 1 saturated heterocycles. The molecule has 1 aliphatic heterocycles. The Kier molecular flexibility index (Phi) is 2.97. The minimum Gasteiger partial charge on any atom is -0.345 e. The predicted octanol–water partition coefficient (Wildman–Crippen LogP) is 0.853. The number of amides is 2. The van der Waals surface area contributed by atoms with Crippen LogP contribution in [0.4, 0.5) is 0 Å². The summed E-state index contributed by atoms with van der Waals surface area (Å²) in [6.45, 7) is 0.612. The number of carbonyl (C=O) groups excluding carboxylic acids is 2. The summed E-state index contributed by atoms with van der Waals surface area (Å²) in [6.07, 6.45) is 6.99. The van der Waals surface area contributed by atoms with Crippen molar-refractivity contribution in [1.82, 2.24) is 15.2 Å². The average molecular weight is 259 g/mol. The number of hydrogen-bond donors (Lipinski definition) is 1. The molecule has 1 aliphatic carbocycles. The molecular formula is C14H17N3O2. The van der Waals surface area contributed by atoms with Gasteiger partial charge in [0.2, 0.25) is 11.8 Å². The Hall–Kier alpha value is -1.91. The maximum absolute atomic E-state index is 12.2. The van der Waals surface area contributed by atoms with Crippen LogP contribution in [-0.2, 0) is 16.1 Å². The van der Waals surface area contributed by atoms with Gasteiger partial charge in [-0.25, -0.2) is 0 Å². The highest BCUT2D eigenvalue weighted by Crippen LogP contribution is 2.38. The second-order valence-electron chi connectivity index (χ2n) is 5.26. The third-order valence-electron chi connectivity index (χ3n) is 4.16. The van der Waals surface area contributed by atoms with Crippen LogP contribution in [0.1, 0.15) is 31.2 Å². The van der Waals surface area contributed by atoms with Gasteiger partial charge in [0.05, 0.1) is 6.54 Å². The van der Waals surface area contributed by atoms with E-state index in [1.807, 2.05) is 12.1 Å². The van der Waals surface area contributed by atoms with E-state index in [1.165, 1.54) is 0 Å². The van der Waals surface area contributed by atoms with E-state index in [9.17, 15) is 9.59 Å². The molecule has 0 atom stereocenters. The summed E-state index contributed by atoms with van der Waals surface area (Å²) in [7, 11) is 0. The number of rotatable bonds is 2. The zero-order valence-electron chi connectivity index (χ0n) is 10.8. The summed E-state index contributed by atoms with van der Waals surface area (Å²) in [4.78, 5) is 30.2. The number of aromatic nitrogens is 1. The number of carbonyl (C=O) groups is 2. The normalized spacial score (nSPS) is 21.8. The molecule has 1 spiro atoms. The van der Waals surface area contributed by atoms with E-state index in [1.54, 1.807) is 17.3 Å². The van der Waals surface area contributed by atoms with Gasteiger partial charge in [0, 0.05) is 18.9 Å². The molecule has 19 heavy (non-hydrogen) atoms. The first kappa shape index (κ1) is 12.1. The van der Waals surface area contributed by atoms with Gasteiger partial charge in [0.25, 0.3) is 0 Å². The topological polar surface area (TPSA) is 62.3 Å². The van der Waals surface area contributed by atoms with Gasteiger partial charge in [-0.1, -0.05) is 12.8 Å². The Bertz CT molecular complexity index is 495.